The average molecular weight is 197 g/mol. The molecule has 1 atom stereocenters. The Morgan fingerprint density at radius 3 is 3.15 bits per heavy atom. The minimum Gasteiger partial charge on any atom is -0.317 e. The number of carbonyl (C=O) groups excluding carboxylic acids is 1. The molecule has 1 aliphatic rings. The van der Waals surface area contributed by atoms with Crippen LogP contribution in [-0.2, 0) is 0 Å². The molecule has 0 radical (unpaired) electrons. The van der Waals surface area contributed by atoms with Gasteiger partial charge in [0.25, 0.3) is 0 Å². The maximum Gasteiger partial charge on any atom is 0.203 e. The van der Waals surface area contributed by atoms with Crippen LogP contribution in [0.5, 0.6) is 0 Å². The fourth-order valence-electron chi connectivity index (χ4n) is 1.48. The van der Waals surface area contributed by atoms with Gasteiger partial charge in [-0.2, -0.15) is 0 Å². The van der Waals surface area contributed by atoms with Gasteiger partial charge in [-0.3, -0.25) is 4.79 Å². The lowest BCUT2D eigenvalue weighted by Crippen LogP contribution is -2.49. The second-order valence-corrected chi connectivity index (χ2v) is 4.00. The van der Waals surface area contributed by atoms with E-state index in [-0.39, 0.29) is 5.78 Å². The summed E-state index contributed by atoms with van der Waals surface area (Å²) in [6.07, 6.45) is 0.698. The lowest BCUT2D eigenvalue weighted by Gasteiger charge is -2.19. The summed E-state index contributed by atoms with van der Waals surface area (Å²) in [5.41, 5.74) is 7.37. The van der Waals surface area contributed by atoms with Crippen molar-refractivity contribution in [2.45, 2.75) is 12.0 Å². The van der Waals surface area contributed by atoms with Gasteiger partial charge < -0.3 is 11.1 Å². The summed E-state index contributed by atoms with van der Waals surface area (Å²) >= 11 is 1.42. The number of nitrogens with two attached hydrogens (primary N) is 1. The van der Waals surface area contributed by atoms with Crippen LogP contribution >= 0.6 is 11.3 Å². The van der Waals surface area contributed by atoms with Crippen molar-refractivity contribution in [1.29, 1.82) is 0 Å². The number of Topliss-reactive ketones (excluding diaryl/α,β-unsaturated/α-hetero) is 1. The Morgan fingerprint density at radius 1 is 1.77 bits per heavy atom. The van der Waals surface area contributed by atoms with E-state index in [0.29, 0.717) is 18.7 Å². The first-order valence-corrected chi connectivity index (χ1v) is 5.09. The van der Waals surface area contributed by atoms with Crippen LogP contribution in [0.3, 0.4) is 0 Å². The van der Waals surface area contributed by atoms with Crippen LogP contribution in [0.15, 0.2) is 10.9 Å². The van der Waals surface area contributed by atoms with Crippen LogP contribution in [0.4, 0.5) is 0 Å². The van der Waals surface area contributed by atoms with Crippen molar-refractivity contribution >= 4 is 17.1 Å². The topological polar surface area (TPSA) is 68.0 Å². The highest BCUT2D eigenvalue weighted by atomic mass is 32.1. The Labute approximate surface area is 80.2 Å². The standard InChI is InChI=1S/C8H11N3OS/c9-8(1-2-10-4-8)7(12)6-3-13-5-11-6/h3,5,10H,1-2,4,9H2. The molecule has 4 nitrogen and oxygen atoms in total. The molecular formula is C8H11N3OS. The van der Waals surface area contributed by atoms with Gasteiger partial charge >= 0.3 is 0 Å². The Balaban J connectivity index is 2.21. The van der Waals surface area contributed by atoms with Crippen molar-refractivity contribution in [3.63, 3.8) is 0 Å². The van der Waals surface area contributed by atoms with Crippen LogP contribution < -0.4 is 11.1 Å². The first-order chi connectivity index (χ1) is 6.22. The van der Waals surface area contributed by atoms with Gasteiger partial charge in [0, 0.05) is 11.9 Å². The molecule has 0 bridgehead atoms. The quantitative estimate of drug-likeness (QED) is 0.656. The van der Waals surface area contributed by atoms with E-state index in [1.54, 1.807) is 10.9 Å². The molecule has 1 aromatic rings. The maximum atomic E-state index is 11.8. The van der Waals surface area contributed by atoms with Gasteiger partial charge in [0.1, 0.15) is 5.69 Å². The molecule has 1 aromatic heterocycles. The average Bonchev–Trinajstić information content (AvgIpc) is 2.73. The molecule has 0 spiro atoms. The van der Waals surface area contributed by atoms with E-state index >= 15 is 0 Å². The van der Waals surface area contributed by atoms with E-state index in [4.69, 9.17) is 5.73 Å². The zero-order valence-corrected chi connectivity index (χ0v) is 7.93. The number of thiazole rings is 1. The Hall–Kier alpha value is -0.780. The van der Waals surface area contributed by atoms with Gasteiger partial charge in [0.15, 0.2) is 0 Å². The maximum absolute atomic E-state index is 11.8. The van der Waals surface area contributed by atoms with Crippen molar-refractivity contribution in [2.75, 3.05) is 13.1 Å². The normalized spacial score (nSPS) is 27.8. The number of nitrogens with one attached hydrogen (secondary N) is 1. The van der Waals surface area contributed by atoms with Gasteiger partial charge in [-0.05, 0) is 13.0 Å². The Kier molecular flexibility index (Phi) is 2.15. The molecule has 0 aromatic carbocycles. The van der Waals surface area contributed by atoms with Crippen LogP contribution in [0.1, 0.15) is 16.9 Å². The van der Waals surface area contributed by atoms with Crippen LogP contribution in [0.2, 0.25) is 0 Å². The summed E-state index contributed by atoms with van der Waals surface area (Å²) in [6.45, 7) is 1.37. The summed E-state index contributed by atoms with van der Waals surface area (Å²) in [5, 5.41) is 4.83. The third-order valence-electron chi connectivity index (χ3n) is 2.31. The smallest absolute Gasteiger partial charge is 0.203 e. The molecule has 0 amide bonds. The number of carbonyl (C=O) groups is 1. The molecule has 5 heteroatoms. The van der Waals surface area contributed by atoms with E-state index in [1.807, 2.05) is 0 Å². The molecule has 3 N–H and O–H groups in total. The molecule has 13 heavy (non-hydrogen) atoms. The zero-order valence-electron chi connectivity index (χ0n) is 7.12. The van der Waals surface area contributed by atoms with Crippen molar-refractivity contribution in [3.05, 3.63) is 16.6 Å². The summed E-state index contributed by atoms with van der Waals surface area (Å²) in [4.78, 5) is 15.8. The molecular weight excluding hydrogens is 186 g/mol. The van der Waals surface area contributed by atoms with Crippen LogP contribution in [0.25, 0.3) is 0 Å². The third-order valence-corrected chi connectivity index (χ3v) is 2.89. The molecule has 1 aliphatic heterocycles. The predicted molar refractivity (Wildman–Crippen MR) is 50.8 cm³/mol. The predicted octanol–water partition coefficient (Wildman–Crippen LogP) is 0.0166. The lowest BCUT2D eigenvalue weighted by molar-refractivity contribution is 0.0897. The summed E-state index contributed by atoms with van der Waals surface area (Å²) < 4.78 is 0. The highest BCUT2D eigenvalue weighted by molar-refractivity contribution is 7.07. The number of nitrogens with zero attached hydrogens (tertiary/aromatic N) is 1. The van der Waals surface area contributed by atoms with Gasteiger partial charge in [0.2, 0.25) is 5.78 Å². The van der Waals surface area contributed by atoms with E-state index in [9.17, 15) is 4.79 Å². The third kappa shape index (κ3) is 1.50. The second-order valence-electron chi connectivity index (χ2n) is 3.29. The number of ketones is 1. The molecule has 1 unspecified atom stereocenters. The first kappa shape index (κ1) is 8.80. The van der Waals surface area contributed by atoms with Gasteiger partial charge in [-0.25, -0.2) is 4.98 Å². The molecule has 1 saturated heterocycles. The number of hydrogen-bond acceptors (Lipinski definition) is 5. The molecule has 0 aliphatic carbocycles. The van der Waals surface area contributed by atoms with Gasteiger partial charge in [-0.1, -0.05) is 0 Å². The van der Waals surface area contributed by atoms with Crippen molar-refractivity contribution in [1.82, 2.24) is 10.3 Å². The number of hydrogen-bond donors (Lipinski definition) is 2. The minimum absolute atomic E-state index is 0.0428. The van der Waals surface area contributed by atoms with Gasteiger partial charge in [0.05, 0.1) is 11.0 Å². The monoisotopic (exact) mass is 197 g/mol. The number of aromatic nitrogens is 1. The first-order valence-electron chi connectivity index (χ1n) is 4.15. The van der Waals surface area contributed by atoms with Gasteiger partial charge in [-0.15, -0.1) is 11.3 Å². The Bertz CT molecular complexity index is 303. The highest BCUT2D eigenvalue weighted by Gasteiger charge is 2.38. The minimum atomic E-state index is -0.728. The fraction of sp³-hybridized carbons (Fsp3) is 0.500. The number of rotatable bonds is 2. The molecule has 70 valence electrons. The largest absolute Gasteiger partial charge is 0.317 e. The van der Waals surface area contributed by atoms with E-state index in [1.165, 1.54) is 11.3 Å². The Morgan fingerprint density at radius 2 is 2.62 bits per heavy atom. The lowest BCUT2D eigenvalue weighted by atomic mass is 9.93. The summed E-state index contributed by atoms with van der Waals surface area (Å²) in [7, 11) is 0. The fourth-order valence-corrected chi connectivity index (χ4v) is 2.02. The molecule has 1 fully saturated rings. The molecule has 2 rings (SSSR count). The van der Waals surface area contributed by atoms with E-state index in [2.05, 4.69) is 10.3 Å². The summed E-state index contributed by atoms with van der Waals surface area (Å²) in [5.74, 6) is -0.0428. The van der Waals surface area contributed by atoms with Crippen LogP contribution in [0, 0.1) is 0 Å². The zero-order chi connectivity index (χ0) is 9.31. The molecule has 2 heterocycles. The SMILES string of the molecule is NC1(C(=O)c2cscn2)CCNC1. The molecule has 0 saturated carbocycles. The summed E-state index contributed by atoms with van der Waals surface area (Å²) in [6, 6.07) is 0. The van der Waals surface area contributed by atoms with Crippen molar-refractivity contribution in [3.8, 4) is 0 Å². The second kappa shape index (κ2) is 3.17. The van der Waals surface area contributed by atoms with Crippen LogP contribution in [-0.4, -0.2) is 29.4 Å². The van der Waals surface area contributed by atoms with Crippen molar-refractivity contribution < 1.29 is 4.79 Å². The van der Waals surface area contributed by atoms with Crippen molar-refractivity contribution in [2.24, 2.45) is 5.73 Å². The highest BCUT2D eigenvalue weighted by Crippen LogP contribution is 2.17. The van der Waals surface area contributed by atoms with E-state index in [0.717, 1.165) is 6.54 Å². The van der Waals surface area contributed by atoms with E-state index < -0.39 is 5.54 Å².